The highest BCUT2D eigenvalue weighted by atomic mass is 16.5. The lowest BCUT2D eigenvalue weighted by Crippen LogP contribution is -2.00. The van der Waals surface area contributed by atoms with E-state index < -0.39 is 0 Å². The van der Waals surface area contributed by atoms with Gasteiger partial charge in [-0.15, -0.1) is 0 Å². The van der Waals surface area contributed by atoms with E-state index >= 15 is 0 Å². The fraction of sp³-hybridized carbons (Fsp3) is 0.200. The summed E-state index contributed by atoms with van der Waals surface area (Å²) in [6, 6.07) is 27.5. The summed E-state index contributed by atoms with van der Waals surface area (Å²) in [5, 5.41) is 2.16. The Kier molecular flexibility index (Phi) is 6.39. The van der Waals surface area contributed by atoms with Crippen molar-refractivity contribution >= 4 is 27.6 Å². The van der Waals surface area contributed by atoms with Gasteiger partial charge in [-0.25, -0.2) is 4.98 Å². The van der Waals surface area contributed by atoms with Gasteiger partial charge in [-0.1, -0.05) is 54.6 Å². The van der Waals surface area contributed by atoms with Crippen LogP contribution in [-0.4, -0.2) is 16.6 Å². The number of benzene rings is 3. The van der Waals surface area contributed by atoms with Crippen LogP contribution in [0.25, 0.3) is 21.8 Å². The monoisotopic (exact) mass is 447 g/mol. The molecule has 0 spiro atoms. The zero-order valence-electron chi connectivity index (χ0n) is 19.5. The molecule has 3 aromatic carbocycles. The molecule has 0 aliphatic heterocycles. The molecular formula is C30H29N3O. The van der Waals surface area contributed by atoms with Gasteiger partial charge in [-0.2, -0.15) is 0 Å². The Morgan fingerprint density at radius 3 is 2.35 bits per heavy atom. The lowest BCUT2D eigenvalue weighted by Gasteiger charge is -2.10. The van der Waals surface area contributed by atoms with E-state index in [1.54, 1.807) is 0 Å². The molecule has 0 bridgehead atoms. The average molecular weight is 448 g/mol. The molecule has 2 heterocycles. The third-order valence-corrected chi connectivity index (χ3v) is 6.22. The lowest BCUT2D eigenvalue weighted by atomic mass is 10.0. The third kappa shape index (κ3) is 5.01. The zero-order valence-corrected chi connectivity index (χ0v) is 19.5. The molecule has 0 saturated heterocycles. The smallest absolute Gasteiger partial charge is 0.150 e. The maximum Gasteiger partial charge on any atom is 0.150 e. The minimum absolute atomic E-state index is 0.485. The Hall–Kier alpha value is -3.92. The normalized spacial score (nSPS) is 11.2. The first-order valence-corrected chi connectivity index (χ1v) is 11.9. The van der Waals surface area contributed by atoms with Gasteiger partial charge in [0.2, 0.25) is 0 Å². The molecule has 0 aliphatic carbocycles. The van der Waals surface area contributed by atoms with E-state index in [1.165, 1.54) is 22.3 Å². The van der Waals surface area contributed by atoms with Gasteiger partial charge in [0, 0.05) is 17.0 Å². The van der Waals surface area contributed by atoms with Crippen molar-refractivity contribution < 1.29 is 4.74 Å². The van der Waals surface area contributed by atoms with Crippen molar-refractivity contribution in [3.63, 3.8) is 0 Å². The predicted molar refractivity (Wildman–Crippen MR) is 140 cm³/mol. The largest absolute Gasteiger partial charge is 0.494 e. The van der Waals surface area contributed by atoms with Crippen LogP contribution >= 0.6 is 0 Å². The number of nitrogen functional groups attached to an aromatic ring is 1. The minimum atomic E-state index is 0.485. The first kappa shape index (κ1) is 21.9. The van der Waals surface area contributed by atoms with Crippen molar-refractivity contribution in [1.82, 2.24) is 9.97 Å². The second-order valence-electron chi connectivity index (χ2n) is 8.84. The van der Waals surface area contributed by atoms with Crippen molar-refractivity contribution in [2.24, 2.45) is 0 Å². The average Bonchev–Trinajstić information content (AvgIpc) is 2.86. The Labute approximate surface area is 200 Å². The maximum absolute atomic E-state index is 6.19. The molecule has 0 aliphatic rings. The molecule has 0 atom stereocenters. The number of nitrogens with two attached hydrogens (primary N) is 1. The van der Waals surface area contributed by atoms with Gasteiger partial charge < -0.3 is 10.5 Å². The molecule has 5 rings (SSSR count). The molecule has 0 unspecified atom stereocenters. The van der Waals surface area contributed by atoms with E-state index in [4.69, 9.17) is 10.5 Å². The van der Waals surface area contributed by atoms with Gasteiger partial charge in [0.1, 0.15) is 11.3 Å². The number of rotatable bonds is 8. The Balaban J connectivity index is 1.21. The number of anilines is 1. The number of pyridine rings is 2. The fourth-order valence-electron chi connectivity index (χ4n) is 4.35. The van der Waals surface area contributed by atoms with Crippen LogP contribution in [0.15, 0.2) is 85.1 Å². The van der Waals surface area contributed by atoms with Gasteiger partial charge in [0.25, 0.3) is 0 Å². The first-order valence-electron chi connectivity index (χ1n) is 11.9. The van der Waals surface area contributed by atoms with E-state index in [9.17, 15) is 0 Å². The highest BCUT2D eigenvalue weighted by Crippen LogP contribution is 2.28. The number of hydrogen-bond acceptors (Lipinski definition) is 4. The molecule has 4 nitrogen and oxygen atoms in total. The topological polar surface area (TPSA) is 61.0 Å². The maximum atomic E-state index is 6.19. The molecule has 0 saturated carbocycles. The highest BCUT2D eigenvalue weighted by Gasteiger charge is 2.09. The summed E-state index contributed by atoms with van der Waals surface area (Å²) < 4.78 is 5.93. The summed E-state index contributed by atoms with van der Waals surface area (Å²) in [5.41, 5.74) is 12.9. The van der Waals surface area contributed by atoms with Crippen LogP contribution in [0, 0.1) is 6.92 Å². The van der Waals surface area contributed by atoms with Crippen molar-refractivity contribution in [3.8, 4) is 5.75 Å². The first-order chi connectivity index (χ1) is 16.7. The predicted octanol–water partition coefficient (Wildman–Crippen LogP) is 6.47. The van der Waals surface area contributed by atoms with Crippen LogP contribution in [0.2, 0.25) is 0 Å². The second kappa shape index (κ2) is 9.92. The minimum Gasteiger partial charge on any atom is -0.494 e. The molecule has 5 aromatic rings. The summed E-state index contributed by atoms with van der Waals surface area (Å²) in [5.74, 6) is 1.41. The molecule has 2 aromatic heterocycles. The fourth-order valence-corrected chi connectivity index (χ4v) is 4.35. The number of fused-ring (bicyclic) bond motifs is 3. The van der Waals surface area contributed by atoms with E-state index in [1.807, 2.05) is 12.3 Å². The summed E-state index contributed by atoms with van der Waals surface area (Å²) in [4.78, 5) is 9.18. The van der Waals surface area contributed by atoms with E-state index in [0.717, 1.165) is 59.8 Å². The Bertz CT molecular complexity index is 1410. The van der Waals surface area contributed by atoms with E-state index in [2.05, 4.69) is 89.7 Å². The molecule has 4 heteroatoms. The third-order valence-electron chi connectivity index (χ3n) is 6.22. The van der Waals surface area contributed by atoms with Crippen molar-refractivity contribution in [2.45, 2.75) is 32.6 Å². The second-order valence-corrected chi connectivity index (χ2v) is 8.84. The number of ether oxygens (including phenoxy) is 1. The van der Waals surface area contributed by atoms with Crippen LogP contribution in [-0.2, 0) is 19.3 Å². The standard InChI is InChI=1S/C30H29N3O/c1-21-9-16-26-27-19-24(20-32-29(27)30(31)33-28(26)18-21)11-10-23-12-14-25(15-13-23)34-17-5-8-22-6-3-2-4-7-22/h2-4,6-7,9,12-16,18-20H,5,8,10-11,17H2,1H3,(H2,31,33). The van der Waals surface area contributed by atoms with Crippen LogP contribution in [0.3, 0.4) is 0 Å². The van der Waals surface area contributed by atoms with Crippen molar-refractivity contribution in [3.05, 3.63) is 107 Å². The van der Waals surface area contributed by atoms with Gasteiger partial charge in [-0.3, -0.25) is 4.98 Å². The quantitative estimate of drug-likeness (QED) is 0.219. The Morgan fingerprint density at radius 2 is 1.53 bits per heavy atom. The molecule has 2 N–H and O–H groups in total. The summed E-state index contributed by atoms with van der Waals surface area (Å²) in [6.07, 6.45) is 5.82. The number of nitrogens with zero attached hydrogens (tertiary/aromatic N) is 2. The molecular weight excluding hydrogens is 418 g/mol. The van der Waals surface area contributed by atoms with Crippen LogP contribution in [0.4, 0.5) is 5.82 Å². The number of aryl methyl sites for hydroxylation is 4. The number of hydrogen-bond donors (Lipinski definition) is 1. The van der Waals surface area contributed by atoms with Crippen LogP contribution < -0.4 is 10.5 Å². The Morgan fingerprint density at radius 1 is 0.765 bits per heavy atom. The van der Waals surface area contributed by atoms with Crippen molar-refractivity contribution in [2.75, 3.05) is 12.3 Å². The molecule has 34 heavy (non-hydrogen) atoms. The van der Waals surface area contributed by atoms with Gasteiger partial charge in [0.15, 0.2) is 5.82 Å². The summed E-state index contributed by atoms with van der Waals surface area (Å²) in [6.45, 7) is 2.79. The molecule has 0 fully saturated rings. The molecule has 170 valence electrons. The van der Waals surface area contributed by atoms with E-state index in [0.29, 0.717) is 5.82 Å². The summed E-state index contributed by atoms with van der Waals surface area (Å²) in [7, 11) is 0. The van der Waals surface area contributed by atoms with Gasteiger partial charge in [0.05, 0.1) is 12.1 Å². The summed E-state index contributed by atoms with van der Waals surface area (Å²) >= 11 is 0. The van der Waals surface area contributed by atoms with Crippen LogP contribution in [0.1, 0.15) is 28.7 Å². The SMILES string of the molecule is Cc1ccc2c(c1)nc(N)c1ncc(CCc3ccc(OCCCc4ccccc4)cc3)cc12. The lowest BCUT2D eigenvalue weighted by molar-refractivity contribution is 0.311. The van der Waals surface area contributed by atoms with Gasteiger partial charge >= 0.3 is 0 Å². The molecule has 0 radical (unpaired) electrons. The zero-order chi connectivity index (χ0) is 23.3. The highest BCUT2D eigenvalue weighted by molar-refractivity contribution is 6.08. The molecule has 0 amide bonds. The number of aromatic nitrogens is 2. The van der Waals surface area contributed by atoms with Crippen LogP contribution in [0.5, 0.6) is 5.75 Å². The van der Waals surface area contributed by atoms with E-state index in [-0.39, 0.29) is 0 Å². The van der Waals surface area contributed by atoms with Crippen molar-refractivity contribution in [1.29, 1.82) is 0 Å². The van der Waals surface area contributed by atoms with Gasteiger partial charge in [-0.05, 0) is 79.1 Å².